The van der Waals surface area contributed by atoms with Crippen LogP contribution >= 0.6 is 0 Å². The van der Waals surface area contributed by atoms with Crippen LogP contribution in [0.5, 0.6) is 0 Å². The van der Waals surface area contributed by atoms with Gasteiger partial charge in [-0.2, -0.15) is 0 Å². The summed E-state index contributed by atoms with van der Waals surface area (Å²) in [7, 11) is 0. The molecule has 0 heterocycles. The fraction of sp³-hybridized carbons (Fsp3) is 0.786. The third kappa shape index (κ3) is 2.32. The first-order valence-electron chi connectivity index (χ1n) is 6.37. The Morgan fingerprint density at radius 3 is 2.00 bits per heavy atom. The molecule has 2 rings (SSSR count). The van der Waals surface area contributed by atoms with Crippen LogP contribution in [0.1, 0.15) is 58.8 Å². The van der Waals surface area contributed by atoms with Crippen LogP contribution in [-0.4, -0.2) is 5.78 Å². The molecule has 0 aliphatic heterocycles. The molecule has 2 saturated carbocycles. The molecule has 0 spiro atoms. The van der Waals surface area contributed by atoms with E-state index in [9.17, 15) is 4.79 Å². The number of ketones is 1. The van der Waals surface area contributed by atoms with Gasteiger partial charge in [-0.15, -0.1) is 0 Å². The molecule has 2 aliphatic carbocycles. The van der Waals surface area contributed by atoms with Crippen LogP contribution in [-0.2, 0) is 4.79 Å². The van der Waals surface area contributed by atoms with E-state index in [1.165, 1.54) is 24.8 Å². The molecule has 0 N–H and O–H groups in total. The molecule has 15 heavy (non-hydrogen) atoms. The normalized spacial score (nSPS) is 32.1. The summed E-state index contributed by atoms with van der Waals surface area (Å²) in [5.74, 6) is 1.97. The lowest BCUT2D eigenvalue weighted by Gasteiger charge is -2.35. The number of hydrogen-bond donors (Lipinski definition) is 0. The maximum atomic E-state index is 11.5. The number of fused-ring (bicyclic) bond motifs is 2. The van der Waals surface area contributed by atoms with Crippen molar-refractivity contribution >= 4 is 5.78 Å². The highest BCUT2D eigenvalue weighted by atomic mass is 16.1. The Bertz CT molecular complexity index is 264. The Labute approximate surface area is 92.9 Å². The van der Waals surface area contributed by atoms with Gasteiger partial charge in [0.15, 0.2) is 0 Å². The molecule has 0 aromatic heterocycles. The maximum absolute atomic E-state index is 11.5. The number of carbonyl (C=O) groups is 1. The molecule has 2 aliphatic rings. The van der Waals surface area contributed by atoms with E-state index in [1.54, 1.807) is 5.57 Å². The predicted molar refractivity (Wildman–Crippen MR) is 62.7 cm³/mol. The Kier molecular flexibility index (Phi) is 3.28. The van der Waals surface area contributed by atoms with Crippen molar-refractivity contribution in [3.63, 3.8) is 0 Å². The highest BCUT2D eigenvalue weighted by molar-refractivity contribution is 5.78. The third-order valence-corrected chi connectivity index (χ3v) is 4.11. The largest absolute Gasteiger partial charge is 0.300 e. The molecule has 1 heteroatoms. The minimum atomic E-state index is 0.500. The molecule has 0 aromatic rings. The summed E-state index contributed by atoms with van der Waals surface area (Å²) < 4.78 is 0. The summed E-state index contributed by atoms with van der Waals surface area (Å²) in [5, 5.41) is 0. The highest BCUT2D eigenvalue weighted by Crippen LogP contribution is 2.42. The molecule has 0 radical (unpaired) electrons. The summed E-state index contributed by atoms with van der Waals surface area (Å²) in [6, 6.07) is 0. The monoisotopic (exact) mass is 206 g/mol. The molecule has 1 nitrogen and oxygen atoms in total. The predicted octanol–water partition coefficient (Wildman–Crippen LogP) is 3.88. The first-order chi connectivity index (χ1) is 7.18. The van der Waals surface area contributed by atoms with Gasteiger partial charge in [0.2, 0.25) is 0 Å². The van der Waals surface area contributed by atoms with Crippen LogP contribution in [0.4, 0.5) is 0 Å². The summed E-state index contributed by atoms with van der Waals surface area (Å²) in [6.07, 6.45) is 7.92. The second-order valence-electron chi connectivity index (χ2n) is 5.40. The van der Waals surface area contributed by atoms with E-state index >= 15 is 0 Å². The van der Waals surface area contributed by atoms with Crippen molar-refractivity contribution in [3.05, 3.63) is 11.1 Å². The van der Waals surface area contributed by atoms with Crippen molar-refractivity contribution in [1.29, 1.82) is 0 Å². The van der Waals surface area contributed by atoms with Crippen molar-refractivity contribution in [1.82, 2.24) is 0 Å². The summed E-state index contributed by atoms with van der Waals surface area (Å²) >= 11 is 0. The van der Waals surface area contributed by atoms with Gasteiger partial charge in [0, 0.05) is 12.8 Å². The Morgan fingerprint density at radius 1 is 1.00 bits per heavy atom. The minimum Gasteiger partial charge on any atom is -0.300 e. The van der Waals surface area contributed by atoms with E-state index in [0.717, 1.165) is 37.5 Å². The van der Waals surface area contributed by atoms with Gasteiger partial charge < -0.3 is 0 Å². The quantitative estimate of drug-likeness (QED) is 0.550. The number of hydrogen-bond acceptors (Lipinski definition) is 1. The van der Waals surface area contributed by atoms with Gasteiger partial charge in [0.25, 0.3) is 0 Å². The van der Waals surface area contributed by atoms with Crippen LogP contribution in [0.3, 0.4) is 0 Å². The highest BCUT2D eigenvalue weighted by Gasteiger charge is 2.30. The molecule has 2 fully saturated rings. The SMILES string of the molecule is CC(C)=C1[C@@H]2CCC[C@H]1CCC(=O)CC2. The average Bonchev–Trinajstić information content (AvgIpc) is 2.21. The van der Waals surface area contributed by atoms with E-state index in [-0.39, 0.29) is 0 Å². The van der Waals surface area contributed by atoms with Gasteiger partial charge in [-0.25, -0.2) is 0 Å². The van der Waals surface area contributed by atoms with Crippen LogP contribution < -0.4 is 0 Å². The van der Waals surface area contributed by atoms with E-state index in [0.29, 0.717) is 5.78 Å². The number of rotatable bonds is 0. The van der Waals surface area contributed by atoms with Crippen molar-refractivity contribution in [2.45, 2.75) is 58.8 Å². The minimum absolute atomic E-state index is 0.500. The Morgan fingerprint density at radius 2 is 1.53 bits per heavy atom. The van der Waals surface area contributed by atoms with Gasteiger partial charge in [0.05, 0.1) is 0 Å². The van der Waals surface area contributed by atoms with Gasteiger partial charge in [-0.05, 0) is 51.4 Å². The first kappa shape index (κ1) is 10.9. The number of carbonyl (C=O) groups excluding carboxylic acids is 1. The van der Waals surface area contributed by atoms with Gasteiger partial charge in [-0.3, -0.25) is 4.79 Å². The third-order valence-electron chi connectivity index (χ3n) is 4.11. The fourth-order valence-electron chi connectivity index (χ4n) is 3.47. The first-order valence-corrected chi connectivity index (χ1v) is 6.37. The zero-order chi connectivity index (χ0) is 10.8. The smallest absolute Gasteiger partial charge is 0.132 e. The van der Waals surface area contributed by atoms with Crippen molar-refractivity contribution in [2.24, 2.45) is 11.8 Å². The summed E-state index contributed by atoms with van der Waals surface area (Å²) in [6.45, 7) is 4.51. The van der Waals surface area contributed by atoms with E-state index in [2.05, 4.69) is 13.8 Å². The summed E-state index contributed by atoms with van der Waals surface area (Å²) in [5.41, 5.74) is 3.24. The van der Waals surface area contributed by atoms with E-state index in [1.807, 2.05) is 0 Å². The fourth-order valence-corrected chi connectivity index (χ4v) is 3.47. The lowest BCUT2D eigenvalue weighted by atomic mass is 9.69. The Hall–Kier alpha value is -0.590. The lowest BCUT2D eigenvalue weighted by molar-refractivity contribution is -0.120. The number of Topliss-reactive ketones (excluding diaryl/α,β-unsaturated/α-hetero) is 1. The number of allylic oxidation sites excluding steroid dienone is 2. The van der Waals surface area contributed by atoms with Gasteiger partial charge >= 0.3 is 0 Å². The van der Waals surface area contributed by atoms with E-state index in [4.69, 9.17) is 0 Å². The van der Waals surface area contributed by atoms with Crippen LogP contribution in [0.2, 0.25) is 0 Å². The van der Waals surface area contributed by atoms with Crippen LogP contribution in [0.15, 0.2) is 11.1 Å². The van der Waals surface area contributed by atoms with Crippen LogP contribution in [0.25, 0.3) is 0 Å². The Balaban J connectivity index is 2.23. The molecule has 84 valence electrons. The van der Waals surface area contributed by atoms with Crippen molar-refractivity contribution < 1.29 is 4.79 Å². The standard InChI is InChI=1S/C14H22O/c1-10(2)14-11-4-3-5-12(14)7-9-13(15)8-6-11/h11-12H,3-9H2,1-2H3/t11-,12+. The zero-order valence-corrected chi connectivity index (χ0v) is 10.0. The summed E-state index contributed by atoms with van der Waals surface area (Å²) in [4.78, 5) is 11.5. The molecule has 2 atom stereocenters. The second-order valence-corrected chi connectivity index (χ2v) is 5.40. The maximum Gasteiger partial charge on any atom is 0.132 e. The molecular weight excluding hydrogens is 184 g/mol. The molecule has 0 saturated heterocycles. The molecular formula is C14H22O. The molecule has 0 aromatic carbocycles. The molecule has 0 unspecified atom stereocenters. The van der Waals surface area contributed by atoms with E-state index < -0.39 is 0 Å². The zero-order valence-electron chi connectivity index (χ0n) is 10.0. The second kappa shape index (κ2) is 4.51. The van der Waals surface area contributed by atoms with Gasteiger partial charge in [0.1, 0.15) is 5.78 Å². The molecule has 0 amide bonds. The van der Waals surface area contributed by atoms with Crippen molar-refractivity contribution in [3.8, 4) is 0 Å². The average molecular weight is 206 g/mol. The van der Waals surface area contributed by atoms with Gasteiger partial charge in [-0.1, -0.05) is 17.6 Å². The lowest BCUT2D eigenvalue weighted by Crippen LogP contribution is -2.24. The molecule has 2 bridgehead atoms. The topological polar surface area (TPSA) is 17.1 Å². The van der Waals surface area contributed by atoms with Crippen LogP contribution in [0, 0.1) is 11.8 Å². The van der Waals surface area contributed by atoms with Crippen molar-refractivity contribution in [2.75, 3.05) is 0 Å².